The molecule has 0 saturated heterocycles. The fraction of sp³-hybridized carbons (Fsp3) is 0.100. The molecule has 15 nitrogen and oxygen atoms in total. The number of hydrogen-bond acceptors (Lipinski definition) is 10. The summed E-state index contributed by atoms with van der Waals surface area (Å²) in [4.78, 5) is 32.8. The summed E-state index contributed by atoms with van der Waals surface area (Å²) in [5, 5.41) is 26.6. The molecule has 6 heterocycles. The molecule has 16 heteroatoms. The molecule has 0 aromatic carbocycles. The second kappa shape index (κ2) is 11.0. The van der Waals surface area contributed by atoms with E-state index in [9.17, 15) is 9.59 Å². The predicted molar refractivity (Wildman–Crippen MR) is 122 cm³/mol. The molecule has 0 saturated carbocycles. The van der Waals surface area contributed by atoms with Crippen LogP contribution in [0.4, 0.5) is 0 Å². The van der Waals surface area contributed by atoms with E-state index in [1.54, 1.807) is 24.5 Å². The molecule has 6 aromatic heterocycles. The Labute approximate surface area is 223 Å². The van der Waals surface area contributed by atoms with Gasteiger partial charge < -0.3 is 5.48 Å². The first-order valence-corrected chi connectivity index (χ1v) is 9.96. The van der Waals surface area contributed by atoms with Crippen LogP contribution in [0, 0.1) is 13.8 Å². The summed E-state index contributed by atoms with van der Waals surface area (Å²) in [7, 11) is 0. The van der Waals surface area contributed by atoms with Crippen molar-refractivity contribution in [3.63, 3.8) is 0 Å². The van der Waals surface area contributed by atoms with Gasteiger partial charge in [0, 0.05) is 24.8 Å². The number of nitrogens with zero attached hydrogens (tertiary/aromatic N) is 10. The van der Waals surface area contributed by atoms with Crippen LogP contribution in [0.5, 0.6) is 0 Å². The minimum Gasteiger partial charge on any atom is -0.412 e. The van der Waals surface area contributed by atoms with Gasteiger partial charge in [0.25, 0.3) is 11.1 Å². The average Bonchev–Trinajstić information content (AvgIpc) is 3.56. The Kier molecular flexibility index (Phi) is 8.11. The maximum absolute atomic E-state index is 12.2. The summed E-state index contributed by atoms with van der Waals surface area (Å²) in [5.41, 5.74) is 3.35. The zero-order valence-corrected chi connectivity index (χ0v) is 21.4. The van der Waals surface area contributed by atoms with Crippen LogP contribution < -0.4 is 40.7 Å². The summed E-state index contributed by atoms with van der Waals surface area (Å²) in [6.07, 6.45) is 6.27. The van der Waals surface area contributed by atoms with Crippen LogP contribution in [0.1, 0.15) is 11.1 Å². The first-order valence-electron chi connectivity index (χ1n) is 9.96. The third-order valence-electron chi connectivity index (χ3n) is 5.03. The van der Waals surface area contributed by atoms with E-state index < -0.39 is 0 Å². The van der Waals surface area contributed by atoms with Crippen molar-refractivity contribution in [3.05, 3.63) is 80.9 Å². The number of fused-ring (bicyclic) bond motifs is 2. The molecular formula is C20H18N12NaO3+. The van der Waals surface area contributed by atoms with Gasteiger partial charge in [-0.3, -0.25) is 18.4 Å². The summed E-state index contributed by atoms with van der Waals surface area (Å²) < 4.78 is 2.95. The van der Waals surface area contributed by atoms with Gasteiger partial charge in [0.1, 0.15) is 22.4 Å². The van der Waals surface area contributed by atoms with E-state index in [1.807, 2.05) is 26.0 Å². The Morgan fingerprint density at radius 1 is 0.722 bits per heavy atom. The number of aromatic nitrogens is 12. The van der Waals surface area contributed by atoms with Crippen LogP contribution in [0.25, 0.3) is 34.1 Å². The van der Waals surface area contributed by atoms with Gasteiger partial charge in [-0.15, -0.1) is 20.4 Å². The van der Waals surface area contributed by atoms with E-state index in [0.717, 1.165) is 11.1 Å². The monoisotopic (exact) mass is 497 g/mol. The fourth-order valence-electron chi connectivity index (χ4n) is 3.35. The van der Waals surface area contributed by atoms with E-state index in [4.69, 9.17) is 0 Å². The number of aromatic amines is 2. The van der Waals surface area contributed by atoms with Crippen LogP contribution in [0.2, 0.25) is 0 Å². The topological polar surface area (TPSA) is 209 Å². The van der Waals surface area contributed by atoms with E-state index in [-0.39, 0.29) is 57.8 Å². The molecule has 0 atom stereocenters. The Morgan fingerprint density at radius 2 is 1.14 bits per heavy atom. The van der Waals surface area contributed by atoms with Gasteiger partial charge >= 0.3 is 29.6 Å². The molecule has 0 amide bonds. The normalized spacial score (nSPS) is 10.3. The average molecular weight is 497 g/mol. The van der Waals surface area contributed by atoms with Gasteiger partial charge in [-0.25, -0.2) is 9.97 Å². The second-order valence-corrected chi connectivity index (χ2v) is 7.19. The molecular weight excluding hydrogens is 479 g/mol. The molecule has 0 bridgehead atoms. The maximum atomic E-state index is 12.2. The third kappa shape index (κ3) is 4.80. The van der Waals surface area contributed by atoms with Gasteiger partial charge in [-0.2, -0.15) is 10.4 Å². The number of hydrogen-bond donors (Lipinski definition) is 2. The van der Waals surface area contributed by atoms with Crippen LogP contribution in [-0.4, -0.2) is 65.5 Å². The molecule has 0 radical (unpaired) electrons. The predicted octanol–water partition coefficient (Wildman–Crippen LogP) is -3.45. The summed E-state index contributed by atoms with van der Waals surface area (Å²) >= 11 is 0. The zero-order valence-electron chi connectivity index (χ0n) is 19.4. The first-order chi connectivity index (χ1) is 16.5. The number of H-pyrrole nitrogens is 2. The molecule has 36 heavy (non-hydrogen) atoms. The minimum atomic E-state index is -0.208. The fourth-order valence-corrected chi connectivity index (χ4v) is 3.35. The van der Waals surface area contributed by atoms with Gasteiger partial charge in [0.05, 0.1) is 0 Å². The van der Waals surface area contributed by atoms with Crippen molar-refractivity contribution in [3.8, 4) is 22.8 Å². The van der Waals surface area contributed by atoms with Crippen LogP contribution in [0.3, 0.4) is 0 Å². The number of nitrogens with one attached hydrogen (secondary N) is 2. The van der Waals surface area contributed by atoms with Crippen molar-refractivity contribution in [2.75, 3.05) is 0 Å². The van der Waals surface area contributed by atoms with Crippen molar-refractivity contribution < 1.29 is 35.0 Å². The van der Waals surface area contributed by atoms with Crippen molar-refractivity contribution in [1.29, 1.82) is 0 Å². The Morgan fingerprint density at radius 3 is 1.50 bits per heavy atom. The first kappa shape index (κ1) is 26.4. The minimum absolute atomic E-state index is 0. The van der Waals surface area contributed by atoms with Gasteiger partial charge in [0.2, 0.25) is 11.6 Å². The molecule has 0 aliphatic carbocycles. The molecule has 0 fully saturated rings. The van der Waals surface area contributed by atoms with Crippen LogP contribution >= 0.6 is 0 Å². The Bertz CT molecular complexity index is 1600. The van der Waals surface area contributed by atoms with Gasteiger partial charge in [-0.1, -0.05) is 12.1 Å². The van der Waals surface area contributed by atoms with Crippen LogP contribution in [0.15, 0.2) is 58.6 Å². The largest absolute Gasteiger partial charge is 1.00 e. The summed E-state index contributed by atoms with van der Waals surface area (Å²) in [6, 6.07) is 7.39. The molecule has 0 aliphatic rings. The number of rotatable bonds is 2. The smallest absolute Gasteiger partial charge is 0.412 e. The van der Waals surface area contributed by atoms with Crippen molar-refractivity contribution in [1.82, 2.24) is 60.0 Å². The summed E-state index contributed by atoms with van der Waals surface area (Å²) in [5.74, 6) is 0.497. The van der Waals surface area contributed by atoms with Crippen LogP contribution in [-0.2, 0) is 0 Å². The Balaban J connectivity index is 0.000000190. The SMILES string of the molecule is Cc1cccn2c(=O)c(-c3nn[nH]n3)cnc12.Cc1cccn2c(=O)c(-c3nn[nH]n3)cnc12.O.[Na+]. The van der Waals surface area contributed by atoms with E-state index >= 15 is 0 Å². The third-order valence-corrected chi connectivity index (χ3v) is 5.03. The number of pyridine rings is 2. The van der Waals surface area contributed by atoms with E-state index in [2.05, 4.69) is 51.2 Å². The van der Waals surface area contributed by atoms with Crippen molar-refractivity contribution >= 4 is 11.3 Å². The second-order valence-electron chi connectivity index (χ2n) is 7.19. The molecule has 0 aliphatic heterocycles. The molecule has 6 rings (SSSR count). The standard InChI is InChI=1S/2C10H8N6O.Na.H2O/c2*1-6-3-2-4-16-9(6)11-5-7(10(16)17)8-12-14-15-13-8;;/h2*2-5H,1H3,(H,12,13,14,15);;1H2/q;;+1;. The molecule has 176 valence electrons. The van der Waals surface area contributed by atoms with E-state index in [0.29, 0.717) is 22.4 Å². The van der Waals surface area contributed by atoms with Crippen molar-refractivity contribution in [2.24, 2.45) is 0 Å². The molecule has 0 unspecified atom stereocenters. The maximum Gasteiger partial charge on any atom is 1.00 e. The number of aryl methyl sites for hydroxylation is 2. The zero-order chi connectivity index (χ0) is 23.7. The van der Waals surface area contributed by atoms with Crippen molar-refractivity contribution in [2.45, 2.75) is 13.8 Å². The van der Waals surface area contributed by atoms with Gasteiger partial charge in [-0.05, 0) is 47.5 Å². The molecule has 6 aromatic rings. The molecule has 0 spiro atoms. The quantitative estimate of drug-likeness (QED) is 0.226. The number of tetrazole rings is 2. The Hall–Kier alpha value is -4.18. The summed E-state index contributed by atoms with van der Waals surface area (Å²) in [6.45, 7) is 3.80. The van der Waals surface area contributed by atoms with E-state index in [1.165, 1.54) is 21.2 Å². The molecule has 4 N–H and O–H groups in total. The van der Waals surface area contributed by atoms with Gasteiger partial charge in [0.15, 0.2) is 0 Å².